The van der Waals surface area contributed by atoms with Crippen LogP contribution in [-0.4, -0.2) is 41.7 Å². The third kappa shape index (κ3) is 2.73. The molecule has 1 unspecified atom stereocenters. The SMILES string of the molecule is COc1c(F)cc(CN2CCC(N)(C(=O)O)C2)cc1F. The highest BCUT2D eigenvalue weighted by Gasteiger charge is 2.41. The molecule has 1 aromatic carbocycles. The van der Waals surface area contributed by atoms with E-state index < -0.39 is 28.9 Å². The number of methoxy groups -OCH3 is 1. The Bertz CT molecular complexity index is 515. The van der Waals surface area contributed by atoms with Crippen molar-refractivity contribution in [1.82, 2.24) is 4.90 Å². The van der Waals surface area contributed by atoms with Crippen molar-refractivity contribution in [2.24, 2.45) is 5.73 Å². The summed E-state index contributed by atoms with van der Waals surface area (Å²) in [6.07, 6.45) is 0.309. The van der Waals surface area contributed by atoms with Gasteiger partial charge in [0.05, 0.1) is 7.11 Å². The van der Waals surface area contributed by atoms with Gasteiger partial charge in [-0.1, -0.05) is 0 Å². The van der Waals surface area contributed by atoms with E-state index in [-0.39, 0.29) is 13.1 Å². The summed E-state index contributed by atoms with van der Waals surface area (Å²) in [5, 5.41) is 9.02. The molecule has 2 rings (SSSR count). The second-order valence-electron chi connectivity index (χ2n) is 5.01. The van der Waals surface area contributed by atoms with Crippen LogP contribution in [0.2, 0.25) is 0 Å². The molecule has 5 nitrogen and oxygen atoms in total. The molecule has 0 radical (unpaired) electrons. The molecule has 1 aliphatic heterocycles. The highest BCUT2D eigenvalue weighted by atomic mass is 19.1. The van der Waals surface area contributed by atoms with E-state index in [1.807, 2.05) is 0 Å². The van der Waals surface area contributed by atoms with Crippen LogP contribution in [0.5, 0.6) is 5.75 Å². The van der Waals surface area contributed by atoms with E-state index in [1.54, 1.807) is 4.90 Å². The number of carboxylic acids is 1. The van der Waals surface area contributed by atoms with Gasteiger partial charge in [0.2, 0.25) is 0 Å². The monoisotopic (exact) mass is 286 g/mol. The second kappa shape index (κ2) is 5.34. The summed E-state index contributed by atoms with van der Waals surface area (Å²) in [4.78, 5) is 12.8. The first-order valence-corrected chi connectivity index (χ1v) is 6.12. The van der Waals surface area contributed by atoms with Gasteiger partial charge in [-0.05, 0) is 24.1 Å². The van der Waals surface area contributed by atoms with E-state index in [0.717, 1.165) is 0 Å². The summed E-state index contributed by atoms with van der Waals surface area (Å²) in [5.41, 5.74) is 4.87. The van der Waals surface area contributed by atoms with Crippen LogP contribution in [0, 0.1) is 11.6 Å². The number of carboxylic acid groups (broad SMARTS) is 1. The fourth-order valence-electron chi connectivity index (χ4n) is 2.38. The summed E-state index contributed by atoms with van der Waals surface area (Å²) < 4.78 is 31.7. The van der Waals surface area contributed by atoms with Crippen molar-refractivity contribution in [3.63, 3.8) is 0 Å². The number of likely N-dealkylation sites (tertiary alicyclic amines) is 1. The van der Waals surface area contributed by atoms with Gasteiger partial charge in [0.1, 0.15) is 5.54 Å². The molecule has 0 amide bonds. The molecule has 20 heavy (non-hydrogen) atoms. The molecule has 0 aromatic heterocycles. The molecule has 1 aromatic rings. The topological polar surface area (TPSA) is 75.8 Å². The zero-order chi connectivity index (χ0) is 14.9. The van der Waals surface area contributed by atoms with Crippen molar-refractivity contribution in [2.75, 3.05) is 20.2 Å². The number of halogens is 2. The minimum atomic E-state index is -1.29. The Labute approximate surface area is 114 Å². The quantitative estimate of drug-likeness (QED) is 0.862. The lowest BCUT2D eigenvalue weighted by atomic mass is 10.0. The van der Waals surface area contributed by atoms with Crippen LogP contribution in [0.4, 0.5) is 8.78 Å². The first-order chi connectivity index (χ1) is 9.35. The number of carbonyl (C=O) groups is 1. The van der Waals surface area contributed by atoms with Crippen molar-refractivity contribution in [3.8, 4) is 5.75 Å². The number of nitrogens with zero attached hydrogens (tertiary/aromatic N) is 1. The van der Waals surface area contributed by atoms with Crippen LogP contribution in [0.25, 0.3) is 0 Å². The molecule has 0 spiro atoms. The van der Waals surface area contributed by atoms with Gasteiger partial charge in [-0.3, -0.25) is 9.69 Å². The van der Waals surface area contributed by atoms with Crippen molar-refractivity contribution < 1.29 is 23.4 Å². The normalized spacial score (nSPS) is 23.0. The summed E-state index contributed by atoms with van der Waals surface area (Å²) in [6, 6.07) is 2.36. The molecule has 1 saturated heterocycles. The van der Waals surface area contributed by atoms with Crippen LogP contribution in [0.15, 0.2) is 12.1 Å². The standard InChI is InChI=1S/C13H16F2N2O3/c1-20-11-9(14)4-8(5-10(11)15)6-17-3-2-13(16,7-17)12(18)19/h4-5H,2-3,6-7,16H2,1H3,(H,18,19). The zero-order valence-corrected chi connectivity index (χ0v) is 11.0. The Morgan fingerprint density at radius 2 is 2.10 bits per heavy atom. The van der Waals surface area contributed by atoms with E-state index in [4.69, 9.17) is 10.8 Å². The van der Waals surface area contributed by atoms with Crippen LogP contribution >= 0.6 is 0 Å². The minimum absolute atomic E-state index is 0.150. The fourth-order valence-corrected chi connectivity index (χ4v) is 2.38. The van der Waals surface area contributed by atoms with E-state index in [1.165, 1.54) is 19.2 Å². The number of benzene rings is 1. The Kier molecular flexibility index (Phi) is 3.92. The minimum Gasteiger partial charge on any atom is -0.491 e. The number of ether oxygens (including phenoxy) is 1. The van der Waals surface area contributed by atoms with Gasteiger partial charge < -0.3 is 15.6 Å². The molecule has 0 saturated carbocycles. The molecule has 0 aliphatic carbocycles. The van der Waals surface area contributed by atoms with Crippen molar-refractivity contribution in [1.29, 1.82) is 0 Å². The molecule has 1 fully saturated rings. The number of nitrogens with two attached hydrogens (primary N) is 1. The Hall–Kier alpha value is -1.73. The Balaban J connectivity index is 2.11. The number of hydrogen-bond acceptors (Lipinski definition) is 4. The summed E-state index contributed by atoms with van der Waals surface area (Å²) >= 11 is 0. The largest absolute Gasteiger partial charge is 0.491 e. The molecular formula is C13H16F2N2O3. The van der Waals surface area contributed by atoms with Gasteiger partial charge in [0.15, 0.2) is 17.4 Å². The smallest absolute Gasteiger partial charge is 0.325 e. The lowest BCUT2D eigenvalue weighted by Crippen LogP contribution is -2.50. The fraction of sp³-hybridized carbons (Fsp3) is 0.462. The Morgan fingerprint density at radius 1 is 1.50 bits per heavy atom. The van der Waals surface area contributed by atoms with Gasteiger partial charge in [0.25, 0.3) is 0 Å². The Morgan fingerprint density at radius 3 is 2.55 bits per heavy atom. The second-order valence-corrected chi connectivity index (χ2v) is 5.01. The number of aliphatic carboxylic acids is 1. The van der Waals surface area contributed by atoms with Crippen LogP contribution in [0.3, 0.4) is 0 Å². The molecule has 1 heterocycles. The predicted octanol–water partition coefficient (Wildman–Crippen LogP) is 0.961. The highest BCUT2D eigenvalue weighted by molar-refractivity contribution is 5.79. The molecule has 1 atom stereocenters. The van der Waals surface area contributed by atoms with Crippen molar-refractivity contribution in [3.05, 3.63) is 29.3 Å². The van der Waals surface area contributed by atoms with E-state index in [2.05, 4.69) is 4.74 Å². The first kappa shape index (κ1) is 14.7. The summed E-state index contributed by atoms with van der Waals surface area (Å²) in [7, 11) is 1.19. The summed E-state index contributed by atoms with van der Waals surface area (Å²) in [5.74, 6) is -3.04. The lowest BCUT2D eigenvalue weighted by molar-refractivity contribution is -0.142. The van der Waals surface area contributed by atoms with Gasteiger partial charge in [-0.2, -0.15) is 0 Å². The molecule has 110 valence electrons. The van der Waals surface area contributed by atoms with Gasteiger partial charge in [0, 0.05) is 19.6 Å². The summed E-state index contributed by atoms with van der Waals surface area (Å²) in [6.45, 7) is 0.861. The molecular weight excluding hydrogens is 270 g/mol. The maximum atomic E-state index is 13.6. The van der Waals surface area contributed by atoms with Crippen LogP contribution < -0.4 is 10.5 Å². The molecule has 0 bridgehead atoms. The van der Waals surface area contributed by atoms with Gasteiger partial charge >= 0.3 is 5.97 Å². The zero-order valence-electron chi connectivity index (χ0n) is 11.0. The first-order valence-electron chi connectivity index (χ1n) is 6.12. The molecule has 7 heteroatoms. The van der Waals surface area contributed by atoms with Gasteiger partial charge in [-0.15, -0.1) is 0 Å². The maximum Gasteiger partial charge on any atom is 0.325 e. The third-order valence-electron chi connectivity index (χ3n) is 3.47. The molecule has 1 aliphatic rings. The molecule has 3 N–H and O–H groups in total. The van der Waals surface area contributed by atoms with E-state index in [0.29, 0.717) is 18.5 Å². The average Bonchev–Trinajstić information content (AvgIpc) is 2.72. The third-order valence-corrected chi connectivity index (χ3v) is 3.47. The van der Waals surface area contributed by atoms with E-state index >= 15 is 0 Å². The predicted molar refractivity (Wildman–Crippen MR) is 67.4 cm³/mol. The highest BCUT2D eigenvalue weighted by Crippen LogP contribution is 2.25. The van der Waals surface area contributed by atoms with Gasteiger partial charge in [-0.25, -0.2) is 8.78 Å². The van der Waals surface area contributed by atoms with Crippen molar-refractivity contribution in [2.45, 2.75) is 18.5 Å². The van der Waals surface area contributed by atoms with Crippen LogP contribution in [0.1, 0.15) is 12.0 Å². The average molecular weight is 286 g/mol. The lowest BCUT2D eigenvalue weighted by Gasteiger charge is -2.20. The van der Waals surface area contributed by atoms with Crippen molar-refractivity contribution >= 4 is 5.97 Å². The maximum absolute atomic E-state index is 13.6. The van der Waals surface area contributed by atoms with Crippen LogP contribution in [-0.2, 0) is 11.3 Å². The number of rotatable bonds is 4. The van der Waals surface area contributed by atoms with E-state index in [9.17, 15) is 13.6 Å². The number of hydrogen-bond donors (Lipinski definition) is 2.